The highest BCUT2D eigenvalue weighted by molar-refractivity contribution is 7.80. The van der Waals surface area contributed by atoms with Crippen molar-refractivity contribution in [2.75, 3.05) is 0 Å². The average Bonchev–Trinajstić information content (AvgIpc) is 2.58. The maximum Gasteiger partial charge on any atom is 0.279 e. The second-order valence-electron chi connectivity index (χ2n) is 6.36. The summed E-state index contributed by atoms with van der Waals surface area (Å²) in [6.45, 7) is 5.50. The van der Waals surface area contributed by atoms with E-state index in [4.69, 9.17) is 17.0 Å². The fourth-order valence-corrected chi connectivity index (χ4v) is 2.46. The smallest absolute Gasteiger partial charge is 0.279 e. The van der Waals surface area contributed by atoms with Crippen molar-refractivity contribution in [2.45, 2.75) is 33.3 Å². The molecule has 2 aromatic rings. The number of hydrogen-bond donors (Lipinski definition) is 3. The van der Waals surface area contributed by atoms with Crippen LogP contribution in [0.15, 0.2) is 42.5 Å². The topological polar surface area (TPSA) is 79.5 Å². The van der Waals surface area contributed by atoms with E-state index in [0.717, 1.165) is 10.8 Å². The number of carbonyl (C=O) groups excluding carboxylic acids is 2. The van der Waals surface area contributed by atoms with E-state index in [1.807, 2.05) is 56.3 Å². The van der Waals surface area contributed by atoms with Crippen LogP contribution in [0.4, 0.5) is 0 Å². The van der Waals surface area contributed by atoms with Gasteiger partial charge in [-0.2, -0.15) is 0 Å². The van der Waals surface area contributed by atoms with Gasteiger partial charge in [0.15, 0.2) is 11.2 Å². The number of hydrogen-bond acceptors (Lipinski definition) is 4. The first kappa shape index (κ1) is 19.7. The lowest BCUT2D eigenvalue weighted by Gasteiger charge is -2.16. The molecule has 7 heteroatoms. The van der Waals surface area contributed by atoms with Crippen LogP contribution in [-0.4, -0.2) is 23.0 Å². The Bertz CT molecular complexity index is 807. The van der Waals surface area contributed by atoms with Gasteiger partial charge in [-0.25, -0.2) is 0 Å². The summed E-state index contributed by atoms with van der Waals surface area (Å²) < 4.78 is 5.67. The Labute approximate surface area is 158 Å². The average molecular weight is 373 g/mol. The Morgan fingerprint density at radius 2 is 1.73 bits per heavy atom. The van der Waals surface area contributed by atoms with E-state index in [1.165, 1.54) is 0 Å². The SMILES string of the molecule is CC(C)CC(=O)NC(=S)NNC(=O)[C@@H](C)Oc1ccc2ccccc2c1. The van der Waals surface area contributed by atoms with Crippen LogP contribution >= 0.6 is 12.2 Å². The van der Waals surface area contributed by atoms with Gasteiger partial charge < -0.3 is 10.1 Å². The maximum atomic E-state index is 12.1. The molecule has 0 aliphatic rings. The minimum atomic E-state index is -0.738. The van der Waals surface area contributed by atoms with E-state index >= 15 is 0 Å². The summed E-state index contributed by atoms with van der Waals surface area (Å²) in [6.07, 6.45) is -0.380. The molecule has 0 aliphatic carbocycles. The van der Waals surface area contributed by atoms with Crippen molar-refractivity contribution in [3.63, 3.8) is 0 Å². The Balaban J connectivity index is 1.83. The van der Waals surface area contributed by atoms with Crippen molar-refractivity contribution in [3.05, 3.63) is 42.5 Å². The molecule has 0 unspecified atom stereocenters. The Hall–Kier alpha value is -2.67. The van der Waals surface area contributed by atoms with Gasteiger partial charge in [0.1, 0.15) is 5.75 Å². The molecule has 0 saturated heterocycles. The molecule has 0 spiro atoms. The second kappa shape index (κ2) is 9.15. The minimum absolute atomic E-state index is 0.0434. The number of rotatable bonds is 5. The zero-order valence-electron chi connectivity index (χ0n) is 15.0. The molecule has 1 atom stereocenters. The van der Waals surface area contributed by atoms with Gasteiger partial charge in [-0.3, -0.25) is 20.4 Å². The van der Waals surface area contributed by atoms with E-state index in [9.17, 15) is 9.59 Å². The third-order valence-electron chi connectivity index (χ3n) is 3.55. The van der Waals surface area contributed by atoms with Crippen LogP contribution in [0.1, 0.15) is 27.2 Å². The van der Waals surface area contributed by atoms with E-state index in [1.54, 1.807) is 6.92 Å². The molecule has 2 aromatic carbocycles. The van der Waals surface area contributed by atoms with Crippen molar-refractivity contribution in [1.82, 2.24) is 16.2 Å². The zero-order valence-corrected chi connectivity index (χ0v) is 15.9. The molecule has 0 bridgehead atoms. The molecule has 2 rings (SSSR count). The van der Waals surface area contributed by atoms with Crippen LogP contribution in [0.5, 0.6) is 5.75 Å². The predicted molar refractivity (Wildman–Crippen MR) is 106 cm³/mol. The Morgan fingerprint density at radius 1 is 1.04 bits per heavy atom. The van der Waals surface area contributed by atoms with E-state index in [0.29, 0.717) is 12.2 Å². The van der Waals surface area contributed by atoms with Crippen molar-refractivity contribution < 1.29 is 14.3 Å². The Morgan fingerprint density at radius 3 is 2.42 bits per heavy atom. The third kappa shape index (κ3) is 6.00. The van der Waals surface area contributed by atoms with Crippen LogP contribution < -0.4 is 20.9 Å². The molecule has 3 N–H and O–H groups in total. The molecule has 0 aromatic heterocycles. The van der Waals surface area contributed by atoms with E-state index in [-0.39, 0.29) is 16.9 Å². The Kier molecular flexibility index (Phi) is 6.91. The van der Waals surface area contributed by atoms with Crippen LogP contribution in [0, 0.1) is 5.92 Å². The molecule has 0 radical (unpaired) electrons. The van der Waals surface area contributed by atoms with Gasteiger partial charge in [0.25, 0.3) is 5.91 Å². The summed E-state index contributed by atoms with van der Waals surface area (Å²) in [5.74, 6) is 0.216. The standard InChI is InChI=1S/C19H23N3O3S/c1-12(2)10-17(23)20-19(26)22-21-18(24)13(3)25-16-9-8-14-6-4-5-7-15(14)11-16/h4-9,11-13H,10H2,1-3H3,(H,21,24)(H2,20,22,23,26)/t13-/m1/s1. The highest BCUT2D eigenvalue weighted by Crippen LogP contribution is 2.21. The number of hydrazine groups is 1. The lowest BCUT2D eigenvalue weighted by atomic mass is 10.1. The van der Waals surface area contributed by atoms with Gasteiger partial charge in [-0.1, -0.05) is 44.2 Å². The van der Waals surface area contributed by atoms with Gasteiger partial charge in [-0.05, 0) is 48.0 Å². The van der Waals surface area contributed by atoms with Crippen LogP contribution in [0.3, 0.4) is 0 Å². The van der Waals surface area contributed by atoms with Crippen molar-refractivity contribution in [1.29, 1.82) is 0 Å². The predicted octanol–water partition coefficient (Wildman–Crippen LogP) is 2.68. The maximum absolute atomic E-state index is 12.1. The molecular weight excluding hydrogens is 350 g/mol. The van der Waals surface area contributed by atoms with Gasteiger partial charge >= 0.3 is 0 Å². The summed E-state index contributed by atoms with van der Waals surface area (Å²) >= 11 is 4.97. The minimum Gasteiger partial charge on any atom is -0.481 e. The lowest BCUT2D eigenvalue weighted by molar-refractivity contribution is -0.128. The molecule has 2 amide bonds. The van der Waals surface area contributed by atoms with Crippen LogP contribution in [-0.2, 0) is 9.59 Å². The molecule has 0 fully saturated rings. The van der Waals surface area contributed by atoms with Crippen molar-refractivity contribution >= 4 is 39.9 Å². The summed E-state index contributed by atoms with van der Waals surface area (Å²) in [6, 6.07) is 13.5. The van der Waals surface area contributed by atoms with Crippen molar-refractivity contribution in [3.8, 4) is 5.75 Å². The molecule has 26 heavy (non-hydrogen) atoms. The third-order valence-corrected chi connectivity index (χ3v) is 3.75. The number of thiocarbonyl (C=S) groups is 1. The molecule has 0 saturated carbocycles. The van der Waals surface area contributed by atoms with E-state index < -0.39 is 12.0 Å². The van der Waals surface area contributed by atoms with Crippen molar-refractivity contribution in [2.24, 2.45) is 5.92 Å². The van der Waals surface area contributed by atoms with Crippen LogP contribution in [0.25, 0.3) is 10.8 Å². The lowest BCUT2D eigenvalue weighted by Crippen LogP contribution is -2.51. The number of fused-ring (bicyclic) bond motifs is 1. The summed E-state index contributed by atoms with van der Waals surface area (Å²) in [7, 11) is 0. The molecule has 6 nitrogen and oxygen atoms in total. The fourth-order valence-electron chi connectivity index (χ4n) is 2.30. The summed E-state index contributed by atoms with van der Waals surface area (Å²) in [5.41, 5.74) is 4.93. The van der Waals surface area contributed by atoms with E-state index in [2.05, 4.69) is 16.2 Å². The van der Waals surface area contributed by atoms with Gasteiger partial charge in [0.05, 0.1) is 0 Å². The van der Waals surface area contributed by atoms with Gasteiger partial charge in [-0.15, -0.1) is 0 Å². The number of benzene rings is 2. The summed E-state index contributed by atoms with van der Waals surface area (Å²) in [4.78, 5) is 23.7. The quantitative estimate of drug-likeness (QED) is 0.555. The van der Waals surface area contributed by atoms with Gasteiger partial charge in [0, 0.05) is 6.42 Å². The number of nitrogens with one attached hydrogen (secondary N) is 3. The number of carbonyl (C=O) groups is 2. The molecule has 0 heterocycles. The number of amides is 2. The van der Waals surface area contributed by atoms with Gasteiger partial charge in [0.2, 0.25) is 5.91 Å². The molecule has 138 valence electrons. The largest absolute Gasteiger partial charge is 0.481 e. The number of ether oxygens (including phenoxy) is 1. The first-order valence-corrected chi connectivity index (χ1v) is 8.81. The zero-order chi connectivity index (χ0) is 19.1. The summed E-state index contributed by atoms with van der Waals surface area (Å²) in [5, 5.41) is 4.68. The second-order valence-corrected chi connectivity index (χ2v) is 6.77. The monoisotopic (exact) mass is 373 g/mol. The normalized spacial score (nSPS) is 11.7. The molecular formula is C19H23N3O3S. The highest BCUT2D eigenvalue weighted by Gasteiger charge is 2.15. The fraction of sp³-hybridized carbons (Fsp3) is 0.316. The first-order valence-electron chi connectivity index (χ1n) is 8.40. The molecule has 0 aliphatic heterocycles. The first-order chi connectivity index (χ1) is 12.3. The van der Waals surface area contributed by atoms with Crippen LogP contribution in [0.2, 0.25) is 0 Å². The highest BCUT2D eigenvalue weighted by atomic mass is 32.1.